The van der Waals surface area contributed by atoms with Crippen molar-refractivity contribution in [1.29, 1.82) is 0 Å². The number of carbonyl (C=O) groups excluding carboxylic acids is 3. The number of amides is 3. The Kier molecular flexibility index (Phi) is 11.6. The highest BCUT2D eigenvalue weighted by Crippen LogP contribution is 2.21. The van der Waals surface area contributed by atoms with Crippen molar-refractivity contribution in [2.24, 2.45) is 17.4 Å². The Labute approximate surface area is 189 Å². The van der Waals surface area contributed by atoms with Gasteiger partial charge in [0.15, 0.2) is 0 Å². The number of aliphatic hydroxyl groups is 1. The largest absolute Gasteiger partial charge is 0.480 e. The molecule has 0 aromatic rings. The maximum atomic E-state index is 13.2. The Morgan fingerprint density at radius 3 is 2.31 bits per heavy atom. The second-order valence-electron chi connectivity index (χ2n) is 8.51. The van der Waals surface area contributed by atoms with E-state index in [2.05, 4.69) is 10.6 Å². The fourth-order valence-electron chi connectivity index (χ4n) is 3.65. The lowest BCUT2D eigenvalue weighted by Gasteiger charge is -2.31. The summed E-state index contributed by atoms with van der Waals surface area (Å²) in [5, 5.41) is 24.3. The predicted molar refractivity (Wildman–Crippen MR) is 118 cm³/mol. The minimum Gasteiger partial charge on any atom is -0.480 e. The van der Waals surface area contributed by atoms with Crippen LogP contribution in [0.4, 0.5) is 0 Å². The van der Waals surface area contributed by atoms with Gasteiger partial charge in [-0.2, -0.15) is 0 Å². The summed E-state index contributed by atoms with van der Waals surface area (Å²) in [6.07, 6.45) is 1.93. The number of hydrogen-bond donors (Lipinski definition) is 6. The van der Waals surface area contributed by atoms with Crippen LogP contribution in [0, 0.1) is 5.92 Å². The third-order valence-corrected chi connectivity index (χ3v) is 6.00. The van der Waals surface area contributed by atoms with E-state index in [-0.39, 0.29) is 12.3 Å². The zero-order valence-corrected chi connectivity index (χ0v) is 19.3. The Hall–Kier alpha value is -2.24. The number of aliphatic hydroxyl groups excluding tert-OH is 1. The Balaban J connectivity index is 3.02. The SMILES string of the molecule is CCC(C)C(NC(=O)C(CCCCN)NC(=O)C(N)C(C)O)C(=O)N1CCCC1C(=O)O. The van der Waals surface area contributed by atoms with E-state index in [1.165, 1.54) is 11.8 Å². The van der Waals surface area contributed by atoms with Crippen LogP contribution in [-0.4, -0.2) is 82.2 Å². The number of unbranched alkanes of at least 4 members (excludes halogenated alkanes) is 1. The zero-order valence-electron chi connectivity index (χ0n) is 19.3. The first-order valence-corrected chi connectivity index (χ1v) is 11.3. The lowest BCUT2D eigenvalue weighted by atomic mass is 9.96. The van der Waals surface area contributed by atoms with Crippen molar-refractivity contribution in [2.75, 3.05) is 13.1 Å². The Bertz CT molecular complexity index is 659. The number of rotatable bonds is 13. The van der Waals surface area contributed by atoms with E-state index < -0.39 is 54.0 Å². The van der Waals surface area contributed by atoms with E-state index in [0.717, 1.165) is 0 Å². The minimum atomic E-state index is -1.20. The average molecular weight is 458 g/mol. The van der Waals surface area contributed by atoms with Crippen molar-refractivity contribution in [3.8, 4) is 0 Å². The summed E-state index contributed by atoms with van der Waals surface area (Å²) in [4.78, 5) is 51.4. The molecule has 1 fully saturated rings. The molecule has 1 saturated heterocycles. The van der Waals surface area contributed by atoms with E-state index in [1.807, 2.05) is 6.92 Å². The van der Waals surface area contributed by atoms with E-state index in [4.69, 9.17) is 11.5 Å². The third-order valence-electron chi connectivity index (χ3n) is 6.00. The fourth-order valence-corrected chi connectivity index (χ4v) is 3.65. The lowest BCUT2D eigenvalue weighted by Crippen LogP contribution is -2.59. The number of nitrogens with zero attached hydrogens (tertiary/aromatic N) is 1. The van der Waals surface area contributed by atoms with Crippen LogP contribution in [0.25, 0.3) is 0 Å². The maximum absolute atomic E-state index is 13.2. The molecule has 3 amide bonds. The van der Waals surface area contributed by atoms with Crippen molar-refractivity contribution >= 4 is 23.7 Å². The van der Waals surface area contributed by atoms with Crippen LogP contribution in [0.1, 0.15) is 59.3 Å². The van der Waals surface area contributed by atoms with Gasteiger partial charge < -0.3 is 37.2 Å². The van der Waals surface area contributed by atoms with Crippen LogP contribution in [0.5, 0.6) is 0 Å². The molecule has 184 valence electrons. The van der Waals surface area contributed by atoms with Crippen LogP contribution in [0.15, 0.2) is 0 Å². The van der Waals surface area contributed by atoms with Crippen LogP contribution in [0.2, 0.25) is 0 Å². The summed E-state index contributed by atoms with van der Waals surface area (Å²) < 4.78 is 0. The highest BCUT2D eigenvalue weighted by molar-refractivity contribution is 5.94. The molecule has 11 nitrogen and oxygen atoms in total. The topological polar surface area (TPSA) is 188 Å². The predicted octanol–water partition coefficient (Wildman–Crippen LogP) is -1.09. The van der Waals surface area contributed by atoms with Gasteiger partial charge in [-0.1, -0.05) is 20.3 Å². The van der Waals surface area contributed by atoms with Gasteiger partial charge in [0.2, 0.25) is 17.7 Å². The van der Waals surface area contributed by atoms with Gasteiger partial charge >= 0.3 is 5.97 Å². The van der Waals surface area contributed by atoms with Gasteiger partial charge in [-0.3, -0.25) is 14.4 Å². The normalized spacial score (nSPS) is 20.7. The summed E-state index contributed by atoms with van der Waals surface area (Å²) >= 11 is 0. The summed E-state index contributed by atoms with van der Waals surface area (Å²) in [5.74, 6) is -2.99. The summed E-state index contributed by atoms with van der Waals surface area (Å²) in [7, 11) is 0. The van der Waals surface area contributed by atoms with Gasteiger partial charge in [-0.15, -0.1) is 0 Å². The van der Waals surface area contributed by atoms with Crippen LogP contribution in [0.3, 0.4) is 0 Å². The number of nitrogens with one attached hydrogen (secondary N) is 2. The van der Waals surface area contributed by atoms with Crippen molar-refractivity contribution in [3.63, 3.8) is 0 Å². The summed E-state index contributed by atoms with van der Waals surface area (Å²) in [6.45, 7) is 5.80. The second-order valence-corrected chi connectivity index (χ2v) is 8.51. The fraction of sp³-hybridized carbons (Fsp3) is 0.810. The number of aliphatic carboxylic acids is 1. The molecule has 0 radical (unpaired) electrons. The van der Waals surface area contributed by atoms with Gasteiger partial charge in [0, 0.05) is 6.54 Å². The summed E-state index contributed by atoms with van der Waals surface area (Å²) in [5.41, 5.74) is 11.2. The van der Waals surface area contributed by atoms with Gasteiger partial charge in [-0.05, 0) is 51.5 Å². The number of carboxylic acid groups (broad SMARTS) is 1. The van der Waals surface area contributed by atoms with E-state index in [9.17, 15) is 29.4 Å². The van der Waals surface area contributed by atoms with Crippen molar-refractivity contribution < 1.29 is 29.4 Å². The molecule has 0 aromatic heterocycles. The first-order chi connectivity index (χ1) is 15.0. The van der Waals surface area contributed by atoms with E-state index in [1.54, 1.807) is 6.92 Å². The lowest BCUT2D eigenvalue weighted by molar-refractivity contribution is -0.150. The Morgan fingerprint density at radius 2 is 1.78 bits per heavy atom. The molecule has 6 unspecified atom stereocenters. The molecule has 0 saturated carbocycles. The number of carboxylic acids is 1. The Morgan fingerprint density at radius 1 is 1.12 bits per heavy atom. The average Bonchev–Trinajstić information content (AvgIpc) is 3.25. The molecule has 0 aromatic carbocycles. The van der Waals surface area contributed by atoms with Crippen LogP contribution >= 0.6 is 0 Å². The highest BCUT2D eigenvalue weighted by Gasteiger charge is 2.40. The molecule has 1 aliphatic heterocycles. The third kappa shape index (κ3) is 7.72. The molecule has 0 bridgehead atoms. The standard InChI is InChI=1S/C21H39N5O6/c1-4-12(2)17(20(30)26-11-7-9-15(26)21(31)32)25-18(28)14(8-5-6-10-22)24-19(29)16(23)13(3)27/h12-17,27H,4-11,22-23H2,1-3H3,(H,24,29)(H,25,28)(H,31,32). The van der Waals surface area contributed by atoms with Gasteiger partial charge in [0.25, 0.3) is 0 Å². The van der Waals surface area contributed by atoms with Crippen molar-refractivity contribution in [2.45, 2.75) is 89.6 Å². The molecule has 1 aliphatic rings. The monoisotopic (exact) mass is 457 g/mol. The van der Waals surface area contributed by atoms with Crippen LogP contribution < -0.4 is 22.1 Å². The van der Waals surface area contributed by atoms with Crippen LogP contribution in [-0.2, 0) is 19.2 Å². The molecule has 0 aliphatic carbocycles. The molecule has 0 spiro atoms. The summed E-state index contributed by atoms with van der Waals surface area (Å²) in [6, 6.07) is -4.00. The molecule has 11 heteroatoms. The number of nitrogens with two attached hydrogens (primary N) is 2. The van der Waals surface area contributed by atoms with Crippen molar-refractivity contribution in [1.82, 2.24) is 15.5 Å². The zero-order chi connectivity index (χ0) is 24.4. The maximum Gasteiger partial charge on any atom is 0.326 e. The number of likely N-dealkylation sites (tertiary alicyclic amines) is 1. The molecule has 32 heavy (non-hydrogen) atoms. The van der Waals surface area contributed by atoms with Gasteiger partial charge in [-0.25, -0.2) is 4.79 Å². The van der Waals surface area contributed by atoms with E-state index >= 15 is 0 Å². The quantitative estimate of drug-likeness (QED) is 0.188. The molecule has 8 N–H and O–H groups in total. The second kappa shape index (κ2) is 13.3. The van der Waals surface area contributed by atoms with Gasteiger partial charge in [0.05, 0.1) is 6.10 Å². The van der Waals surface area contributed by atoms with Gasteiger partial charge in [0.1, 0.15) is 24.2 Å². The molecular formula is C21H39N5O6. The molecular weight excluding hydrogens is 418 g/mol. The smallest absolute Gasteiger partial charge is 0.326 e. The van der Waals surface area contributed by atoms with Crippen molar-refractivity contribution in [3.05, 3.63) is 0 Å². The highest BCUT2D eigenvalue weighted by atomic mass is 16.4. The minimum absolute atomic E-state index is 0.249. The first-order valence-electron chi connectivity index (χ1n) is 11.3. The molecule has 1 rings (SSSR count). The first kappa shape index (κ1) is 27.8. The number of hydrogen-bond acceptors (Lipinski definition) is 7. The molecule has 1 heterocycles. The molecule has 6 atom stereocenters. The van der Waals surface area contributed by atoms with E-state index in [0.29, 0.717) is 45.2 Å². The number of carbonyl (C=O) groups is 4.